The smallest absolute Gasteiger partial charge is 0.191 e. The van der Waals surface area contributed by atoms with Crippen LogP contribution in [0, 0.1) is 0 Å². The topological polar surface area (TPSA) is 52.6 Å². The zero-order valence-corrected chi connectivity index (χ0v) is 16.6. The molecule has 2 heterocycles. The molecule has 0 aliphatic carbocycles. The number of nitrogens with zero attached hydrogens (tertiary/aromatic N) is 3. The van der Waals surface area contributed by atoms with E-state index < -0.39 is 0 Å². The molecule has 1 aromatic heterocycles. The monoisotopic (exact) mass is 431 g/mol. The second kappa shape index (κ2) is 11.6. The molecule has 2 rings (SSSR count). The molecule has 1 aromatic rings. The number of piperidine rings is 1. The number of hydrogen-bond acceptors (Lipinski definition) is 3. The first-order chi connectivity index (χ1) is 10.8. The number of nitrogens with one attached hydrogen (secondary N) is 2. The third kappa shape index (κ3) is 7.48. The summed E-state index contributed by atoms with van der Waals surface area (Å²) in [5, 5.41) is 6.75. The van der Waals surface area contributed by atoms with Gasteiger partial charge in [-0.05, 0) is 38.4 Å². The fraction of sp³-hybridized carbons (Fsp3) is 0.647. The van der Waals surface area contributed by atoms with Crippen LogP contribution in [0.25, 0.3) is 0 Å². The fourth-order valence-electron chi connectivity index (χ4n) is 2.88. The molecule has 130 valence electrons. The van der Waals surface area contributed by atoms with Gasteiger partial charge >= 0.3 is 0 Å². The third-order valence-electron chi connectivity index (χ3n) is 4.26. The molecule has 1 fully saturated rings. The Bertz CT molecular complexity index is 452. The molecular formula is C17H30IN5. The van der Waals surface area contributed by atoms with Crippen LogP contribution < -0.4 is 10.6 Å². The molecule has 1 unspecified atom stereocenters. The van der Waals surface area contributed by atoms with Crippen LogP contribution in [-0.4, -0.2) is 55.1 Å². The second-order valence-electron chi connectivity index (χ2n) is 5.88. The van der Waals surface area contributed by atoms with Crippen molar-refractivity contribution < 1.29 is 0 Å². The molecule has 23 heavy (non-hydrogen) atoms. The number of aromatic nitrogens is 1. The maximum absolute atomic E-state index is 4.33. The molecule has 0 bridgehead atoms. The van der Waals surface area contributed by atoms with Crippen LogP contribution in [0.5, 0.6) is 0 Å². The largest absolute Gasteiger partial charge is 0.356 e. The van der Waals surface area contributed by atoms with Crippen LogP contribution in [0.4, 0.5) is 0 Å². The lowest BCUT2D eigenvalue weighted by Gasteiger charge is -2.33. The van der Waals surface area contributed by atoms with Gasteiger partial charge in [0.05, 0.1) is 0 Å². The first-order valence-electron chi connectivity index (χ1n) is 8.38. The molecule has 0 radical (unpaired) electrons. The Morgan fingerprint density at radius 1 is 1.30 bits per heavy atom. The van der Waals surface area contributed by atoms with Crippen molar-refractivity contribution in [3.8, 4) is 0 Å². The van der Waals surface area contributed by atoms with E-state index in [4.69, 9.17) is 0 Å². The van der Waals surface area contributed by atoms with Gasteiger partial charge in [-0.25, -0.2) is 0 Å². The first-order valence-corrected chi connectivity index (χ1v) is 8.38. The zero-order valence-electron chi connectivity index (χ0n) is 14.3. The summed E-state index contributed by atoms with van der Waals surface area (Å²) in [5.41, 5.74) is 1.10. The average molecular weight is 431 g/mol. The van der Waals surface area contributed by atoms with Gasteiger partial charge in [0.25, 0.3) is 0 Å². The van der Waals surface area contributed by atoms with Gasteiger partial charge in [-0.15, -0.1) is 24.0 Å². The van der Waals surface area contributed by atoms with Crippen molar-refractivity contribution >= 4 is 29.9 Å². The second-order valence-corrected chi connectivity index (χ2v) is 5.88. The Morgan fingerprint density at radius 2 is 2.13 bits per heavy atom. The number of pyridine rings is 1. The van der Waals surface area contributed by atoms with Crippen LogP contribution in [-0.2, 0) is 6.42 Å². The predicted octanol–water partition coefficient (Wildman–Crippen LogP) is 2.28. The lowest BCUT2D eigenvalue weighted by Crippen LogP contribution is -2.45. The van der Waals surface area contributed by atoms with Crippen LogP contribution in [0.1, 0.15) is 31.9 Å². The zero-order chi connectivity index (χ0) is 15.6. The summed E-state index contributed by atoms with van der Waals surface area (Å²) < 4.78 is 0. The van der Waals surface area contributed by atoms with Crippen molar-refractivity contribution in [2.75, 3.05) is 33.2 Å². The van der Waals surface area contributed by atoms with E-state index >= 15 is 0 Å². The molecule has 1 saturated heterocycles. The molecule has 1 atom stereocenters. The van der Waals surface area contributed by atoms with Gasteiger partial charge in [0, 0.05) is 51.0 Å². The van der Waals surface area contributed by atoms with Crippen molar-refractivity contribution in [2.45, 2.75) is 38.6 Å². The minimum atomic E-state index is 0. The standard InChI is InChI=1S/C17H29N5.HI/c1-15-7-4-6-13-22(15)14-12-21-17(18-2)20-11-9-16-8-3-5-10-19-16;/h3,5,8,10,15H,4,6-7,9,11-14H2,1-2H3,(H2,18,20,21);1H. The van der Waals surface area contributed by atoms with Crippen LogP contribution in [0.2, 0.25) is 0 Å². The average Bonchev–Trinajstić information content (AvgIpc) is 2.56. The van der Waals surface area contributed by atoms with E-state index in [1.807, 2.05) is 25.4 Å². The van der Waals surface area contributed by atoms with Gasteiger partial charge in [-0.1, -0.05) is 12.5 Å². The normalized spacial score (nSPS) is 19.0. The molecule has 0 saturated carbocycles. The molecular weight excluding hydrogens is 401 g/mol. The number of aliphatic imine (C=N–C) groups is 1. The number of halogens is 1. The van der Waals surface area contributed by atoms with Gasteiger partial charge in [-0.2, -0.15) is 0 Å². The Morgan fingerprint density at radius 3 is 2.83 bits per heavy atom. The summed E-state index contributed by atoms with van der Waals surface area (Å²) in [4.78, 5) is 11.2. The summed E-state index contributed by atoms with van der Waals surface area (Å²) in [6.45, 7) is 6.43. The summed E-state index contributed by atoms with van der Waals surface area (Å²) in [6.07, 6.45) is 6.78. The molecule has 5 nitrogen and oxygen atoms in total. The van der Waals surface area contributed by atoms with E-state index in [0.29, 0.717) is 0 Å². The van der Waals surface area contributed by atoms with Gasteiger partial charge in [-0.3, -0.25) is 14.9 Å². The van der Waals surface area contributed by atoms with Crippen LogP contribution >= 0.6 is 24.0 Å². The molecule has 0 amide bonds. The summed E-state index contributed by atoms with van der Waals surface area (Å²) in [6, 6.07) is 6.73. The minimum Gasteiger partial charge on any atom is -0.356 e. The van der Waals surface area contributed by atoms with E-state index in [1.54, 1.807) is 0 Å². The highest BCUT2D eigenvalue weighted by molar-refractivity contribution is 14.0. The summed E-state index contributed by atoms with van der Waals surface area (Å²) in [7, 11) is 1.82. The molecule has 1 aliphatic rings. The van der Waals surface area contributed by atoms with E-state index in [-0.39, 0.29) is 24.0 Å². The van der Waals surface area contributed by atoms with Crippen molar-refractivity contribution in [1.82, 2.24) is 20.5 Å². The van der Waals surface area contributed by atoms with Gasteiger partial charge in [0.1, 0.15) is 0 Å². The van der Waals surface area contributed by atoms with Crippen LogP contribution in [0.15, 0.2) is 29.4 Å². The van der Waals surface area contributed by atoms with E-state index in [1.165, 1.54) is 25.8 Å². The maximum Gasteiger partial charge on any atom is 0.191 e. The number of likely N-dealkylation sites (tertiary alicyclic amines) is 1. The minimum absolute atomic E-state index is 0. The first kappa shape index (κ1) is 20.2. The lowest BCUT2D eigenvalue weighted by atomic mass is 10.0. The summed E-state index contributed by atoms with van der Waals surface area (Å²) >= 11 is 0. The van der Waals surface area contributed by atoms with Crippen molar-refractivity contribution in [3.05, 3.63) is 30.1 Å². The number of rotatable bonds is 6. The SMILES string of the molecule is CN=C(NCCc1ccccn1)NCCN1CCCCC1C.I. The maximum atomic E-state index is 4.33. The van der Waals surface area contributed by atoms with Crippen LogP contribution in [0.3, 0.4) is 0 Å². The fourth-order valence-corrected chi connectivity index (χ4v) is 2.88. The van der Waals surface area contributed by atoms with Crippen molar-refractivity contribution in [1.29, 1.82) is 0 Å². The van der Waals surface area contributed by atoms with E-state index in [2.05, 4.69) is 38.5 Å². The predicted molar refractivity (Wildman–Crippen MR) is 108 cm³/mol. The third-order valence-corrected chi connectivity index (χ3v) is 4.26. The molecule has 0 aromatic carbocycles. The van der Waals surface area contributed by atoms with Gasteiger partial charge in [0.2, 0.25) is 0 Å². The van der Waals surface area contributed by atoms with E-state index in [0.717, 1.165) is 43.8 Å². The molecule has 6 heteroatoms. The Balaban J connectivity index is 0.00000264. The highest BCUT2D eigenvalue weighted by Crippen LogP contribution is 2.15. The van der Waals surface area contributed by atoms with Crippen molar-refractivity contribution in [3.63, 3.8) is 0 Å². The van der Waals surface area contributed by atoms with Gasteiger partial charge in [0.15, 0.2) is 5.96 Å². The summed E-state index contributed by atoms with van der Waals surface area (Å²) in [5.74, 6) is 0.876. The number of hydrogen-bond donors (Lipinski definition) is 2. The highest BCUT2D eigenvalue weighted by Gasteiger charge is 2.17. The lowest BCUT2D eigenvalue weighted by molar-refractivity contribution is 0.163. The molecule has 2 N–H and O–H groups in total. The van der Waals surface area contributed by atoms with E-state index in [9.17, 15) is 0 Å². The Hall–Kier alpha value is -0.890. The Kier molecular flexibility index (Phi) is 10.2. The quantitative estimate of drug-likeness (QED) is 0.412. The van der Waals surface area contributed by atoms with Crippen molar-refractivity contribution in [2.24, 2.45) is 4.99 Å². The number of guanidine groups is 1. The van der Waals surface area contributed by atoms with Gasteiger partial charge < -0.3 is 10.6 Å². The molecule has 1 aliphatic heterocycles. The molecule has 0 spiro atoms. The highest BCUT2D eigenvalue weighted by atomic mass is 127. The Labute approximate surface area is 157 Å².